The summed E-state index contributed by atoms with van der Waals surface area (Å²) >= 11 is 0. The van der Waals surface area contributed by atoms with Crippen molar-refractivity contribution in [1.29, 1.82) is 0 Å². The van der Waals surface area contributed by atoms with Crippen molar-refractivity contribution in [2.24, 2.45) is 0 Å². The summed E-state index contributed by atoms with van der Waals surface area (Å²) in [7, 11) is 0. The number of hydrogen-bond donors (Lipinski definition) is 12. The predicted molar refractivity (Wildman–Crippen MR) is 470 cm³/mol. The zero-order valence-corrected chi connectivity index (χ0v) is 72.4. The zero-order chi connectivity index (χ0) is 83.8. The quantitative estimate of drug-likeness (QED) is 0.0199. The van der Waals surface area contributed by atoms with Gasteiger partial charge in [-0.25, -0.2) is 0 Å². The van der Waals surface area contributed by atoms with E-state index in [0.29, 0.717) is 12.8 Å². The van der Waals surface area contributed by atoms with Crippen molar-refractivity contribution in [1.82, 2.24) is 5.32 Å². The average molecular weight is 1640 g/mol. The minimum Gasteiger partial charge on any atom is -0.394 e. The molecule has 3 aliphatic rings. The Hall–Kier alpha value is -3.81. The van der Waals surface area contributed by atoms with Gasteiger partial charge in [0.1, 0.15) is 73.2 Å². The molecule has 0 aliphatic carbocycles. The van der Waals surface area contributed by atoms with Crippen molar-refractivity contribution in [3.63, 3.8) is 0 Å². The van der Waals surface area contributed by atoms with Gasteiger partial charge in [0, 0.05) is 6.42 Å². The smallest absolute Gasteiger partial charge is 0.220 e. The van der Waals surface area contributed by atoms with Crippen LogP contribution in [0, 0.1) is 0 Å². The van der Waals surface area contributed by atoms with Crippen LogP contribution in [0.4, 0.5) is 0 Å². The molecule has 3 saturated heterocycles. The molecule has 3 rings (SSSR count). The molecule has 17 unspecified atom stereocenters. The fourth-order valence-electron chi connectivity index (χ4n) is 15.2. The van der Waals surface area contributed by atoms with Crippen LogP contribution in [0.25, 0.3) is 0 Å². The van der Waals surface area contributed by atoms with Gasteiger partial charge in [-0.3, -0.25) is 4.79 Å². The van der Waals surface area contributed by atoms with Crippen molar-refractivity contribution in [3.05, 3.63) is 122 Å². The van der Waals surface area contributed by atoms with Gasteiger partial charge in [0.25, 0.3) is 0 Å². The molecule has 19 heteroatoms. The molecule has 0 aromatic carbocycles. The molecule has 12 N–H and O–H groups in total. The van der Waals surface area contributed by atoms with Gasteiger partial charge >= 0.3 is 0 Å². The number of unbranched alkanes of at least 4 members (excludes halogenated alkanes) is 39. The van der Waals surface area contributed by atoms with Crippen LogP contribution in [-0.4, -0.2) is 193 Å². The number of hydrogen-bond acceptors (Lipinski definition) is 18. The third kappa shape index (κ3) is 52.5. The number of aliphatic hydroxyl groups excluding tert-OH is 11. The maximum Gasteiger partial charge on any atom is 0.220 e. The van der Waals surface area contributed by atoms with E-state index in [9.17, 15) is 61.0 Å². The molecule has 17 atom stereocenters. The Labute approximate surface area is 703 Å². The largest absolute Gasteiger partial charge is 0.394 e. The molecular formula is C97H169NO18. The van der Waals surface area contributed by atoms with Gasteiger partial charge in [-0.15, -0.1) is 0 Å². The van der Waals surface area contributed by atoms with E-state index in [2.05, 4.69) is 141 Å². The molecule has 116 heavy (non-hydrogen) atoms. The average Bonchev–Trinajstić information content (AvgIpc) is 0.783. The summed E-state index contributed by atoms with van der Waals surface area (Å²) in [5.41, 5.74) is 0. The summed E-state index contributed by atoms with van der Waals surface area (Å²) in [6.07, 6.45) is 80.1. The van der Waals surface area contributed by atoms with Gasteiger partial charge < -0.3 is 89.9 Å². The second kappa shape index (κ2) is 75.0. The molecule has 0 aromatic heterocycles. The van der Waals surface area contributed by atoms with Gasteiger partial charge in [0.05, 0.1) is 38.6 Å². The summed E-state index contributed by atoms with van der Waals surface area (Å²) in [6, 6.07) is -0.900. The van der Waals surface area contributed by atoms with Gasteiger partial charge in [0.15, 0.2) is 18.9 Å². The van der Waals surface area contributed by atoms with Crippen LogP contribution >= 0.6 is 0 Å². The molecule has 1 amide bonds. The second-order valence-electron chi connectivity index (χ2n) is 32.7. The van der Waals surface area contributed by atoms with Crippen molar-refractivity contribution < 1.29 is 89.4 Å². The maximum atomic E-state index is 13.6. The number of rotatable bonds is 75. The van der Waals surface area contributed by atoms with E-state index in [1.54, 1.807) is 0 Å². The summed E-state index contributed by atoms with van der Waals surface area (Å²) < 4.78 is 34.6. The first-order valence-electron chi connectivity index (χ1n) is 46.8. The Morgan fingerprint density at radius 1 is 0.319 bits per heavy atom. The van der Waals surface area contributed by atoms with Gasteiger partial charge in [-0.1, -0.05) is 379 Å². The minimum absolute atomic E-state index is 0.247. The van der Waals surface area contributed by atoms with E-state index in [0.717, 1.165) is 122 Å². The number of carbonyl (C=O) groups is 1. The van der Waals surface area contributed by atoms with Crippen LogP contribution in [0.3, 0.4) is 0 Å². The normalized spacial score (nSPS) is 25.1. The molecule has 3 heterocycles. The lowest BCUT2D eigenvalue weighted by Gasteiger charge is -2.48. The van der Waals surface area contributed by atoms with Crippen molar-refractivity contribution in [3.8, 4) is 0 Å². The lowest BCUT2D eigenvalue weighted by Crippen LogP contribution is -2.66. The van der Waals surface area contributed by atoms with E-state index in [1.165, 1.54) is 199 Å². The third-order valence-electron chi connectivity index (χ3n) is 22.6. The highest BCUT2D eigenvalue weighted by Gasteiger charge is 2.54. The molecule has 0 saturated carbocycles. The van der Waals surface area contributed by atoms with Crippen LogP contribution in [0.2, 0.25) is 0 Å². The third-order valence-corrected chi connectivity index (χ3v) is 22.6. The van der Waals surface area contributed by atoms with E-state index < -0.39 is 124 Å². The van der Waals surface area contributed by atoms with E-state index >= 15 is 0 Å². The first-order chi connectivity index (χ1) is 56.8. The van der Waals surface area contributed by atoms with Gasteiger partial charge in [-0.2, -0.15) is 0 Å². The molecule has 3 aliphatic heterocycles. The molecule has 0 bridgehead atoms. The fraction of sp³-hybridized carbons (Fsp3) is 0.784. The summed E-state index contributed by atoms with van der Waals surface area (Å²) in [6.45, 7) is 1.72. The predicted octanol–water partition coefficient (Wildman–Crippen LogP) is 18.6. The second-order valence-corrected chi connectivity index (χ2v) is 32.7. The van der Waals surface area contributed by atoms with Crippen molar-refractivity contribution in [2.75, 3.05) is 26.4 Å². The number of aliphatic hydroxyl groups is 11. The molecule has 19 nitrogen and oxygen atoms in total. The van der Waals surface area contributed by atoms with E-state index in [1.807, 2.05) is 0 Å². The lowest BCUT2D eigenvalue weighted by molar-refractivity contribution is -0.379. The number of allylic oxidation sites excluding steroid dienone is 20. The summed E-state index contributed by atoms with van der Waals surface area (Å²) in [5, 5.41) is 121. The molecular weight excluding hydrogens is 1470 g/mol. The minimum atomic E-state index is -1.98. The van der Waals surface area contributed by atoms with Crippen LogP contribution < -0.4 is 5.32 Å². The summed E-state index contributed by atoms with van der Waals surface area (Å²) in [5.74, 6) is -0.247. The fourth-order valence-corrected chi connectivity index (χ4v) is 15.2. The Bertz CT molecular complexity index is 2570. The maximum absolute atomic E-state index is 13.6. The monoisotopic (exact) mass is 1640 g/mol. The molecule has 670 valence electrons. The van der Waals surface area contributed by atoms with E-state index in [4.69, 9.17) is 28.4 Å². The first-order valence-corrected chi connectivity index (χ1v) is 46.8. The SMILES string of the molecule is CC/C=C\C/C=C\C/C=C\C/C=C\C/C=C\C/C=C\C/C=C\C/C=C\C/C=C\C/C=C\CCCCCCCCCCCCC(=O)NC(COC1OC(CO)C(OC2OC(CO)C(OC3OC(CO)C(O)C(O)C3O)C(O)C2O)C(O)C1O)C(O)CCCCCCCCCCCCCCCCCCCCCCCCCCCCCCCC. The lowest BCUT2D eigenvalue weighted by atomic mass is 9.96. The molecule has 0 radical (unpaired) electrons. The van der Waals surface area contributed by atoms with Gasteiger partial charge in [0.2, 0.25) is 5.91 Å². The van der Waals surface area contributed by atoms with Crippen molar-refractivity contribution >= 4 is 5.91 Å². The van der Waals surface area contributed by atoms with Crippen LogP contribution in [0.1, 0.15) is 354 Å². The molecule has 0 spiro atoms. The van der Waals surface area contributed by atoms with Crippen LogP contribution in [0.15, 0.2) is 122 Å². The molecule has 0 aromatic rings. The first kappa shape index (κ1) is 106. The highest BCUT2D eigenvalue weighted by molar-refractivity contribution is 5.76. The molecule has 3 fully saturated rings. The Kier molecular flexibility index (Phi) is 68.8. The van der Waals surface area contributed by atoms with Gasteiger partial charge in [-0.05, 0) is 89.9 Å². The Balaban J connectivity index is 1.32. The Morgan fingerprint density at radius 3 is 0.931 bits per heavy atom. The standard InChI is InChI=1S/C97H169NO18/c1-3-5-7-9-11-13-15-17-19-21-23-25-27-29-31-33-35-36-37-38-39-40-41-42-43-44-45-47-49-51-53-55-57-59-61-63-65-67-69-71-73-75-85(103)98-80(81(102)74-72-70-68-66-64-62-60-58-56-54-52-50-48-46-34-32-30-28-26-24-22-20-18-16-14-12-10-8-6-4-2)79-111-95-91(109)88(106)93(83(77-100)113-95)116-97-92(110)89(107)94(84(78-101)114-97)115-96-90(108)87(105)86(104)82(76-99)112-96/h5,7,11,13,17,19,23,25,29,31,35-36,38-39,41-42,44-45,49,51,80-84,86-97,99-102,104-110H,3-4,6,8-10,12,14-16,18,20-22,24,26-28,30,32-34,37,40,43,46-48,50,52-79H2,1-2H3,(H,98,103)/b7-5-,13-11-,19-17-,25-23-,31-29-,36-35-,39-38-,42-41-,45-44-,51-49-. The highest BCUT2D eigenvalue weighted by Crippen LogP contribution is 2.34. The number of ether oxygens (including phenoxy) is 6. The number of amides is 1. The van der Waals surface area contributed by atoms with E-state index in [-0.39, 0.29) is 18.9 Å². The zero-order valence-electron chi connectivity index (χ0n) is 72.4. The van der Waals surface area contributed by atoms with Crippen LogP contribution in [0.5, 0.6) is 0 Å². The number of nitrogens with one attached hydrogen (secondary N) is 1. The highest BCUT2D eigenvalue weighted by atomic mass is 16.8. The summed E-state index contributed by atoms with van der Waals surface area (Å²) in [4.78, 5) is 13.6. The number of carbonyl (C=O) groups excluding carboxylic acids is 1. The van der Waals surface area contributed by atoms with Crippen LogP contribution in [-0.2, 0) is 33.2 Å². The Morgan fingerprint density at radius 2 is 0.595 bits per heavy atom. The topological polar surface area (TPSA) is 307 Å². The van der Waals surface area contributed by atoms with Crippen molar-refractivity contribution in [2.45, 2.75) is 458 Å².